The van der Waals surface area contributed by atoms with Crippen LogP contribution < -0.4 is 9.64 Å². The van der Waals surface area contributed by atoms with Gasteiger partial charge in [-0.3, -0.25) is 4.99 Å². The number of hydrogen-bond acceptors (Lipinski definition) is 6. The van der Waals surface area contributed by atoms with Crippen LogP contribution in [0.5, 0.6) is 5.75 Å². The lowest BCUT2D eigenvalue weighted by Gasteiger charge is -2.52. The third-order valence-corrected chi connectivity index (χ3v) is 8.51. The molecule has 6 heteroatoms. The second-order valence-corrected chi connectivity index (χ2v) is 9.97. The summed E-state index contributed by atoms with van der Waals surface area (Å²) in [6.07, 6.45) is 0.877. The lowest BCUT2D eigenvalue weighted by Crippen LogP contribution is -2.62. The van der Waals surface area contributed by atoms with Crippen molar-refractivity contribution < 1.29 is 9.84 Å². The minimum Gasteiger partial charge on any atom is -0.497 e. The summed E-state index contributed by atoms with van der Waals surface area (Å²) in [6, 6.07) is 25.5. The average Bonchev–Trinajstić information content (AvgIpc) is 3.31. The number of aliphatic imine (C=N–C) groups is 2. The second-order valence-electron chi connectivity index (χ2n) is 9.97. The normalized spacial score (nSPS) is 27.8. The monoisotopic (exact) mass is 464 g/mol. The molecule has 1 fully saturated rings. The van der Waals surface area contributed by atoms with Crippen molar-refractivity contribution in [2.45, 2.75) is 36.4 Å². The lowest BCUT2D eigenvalue weighted by molar-refractivity contribution is 0.0749. The highest BCUT2D eigenvalue weighted by molar-refractivity contribution is 6.20. The van der Waals surface area contributed by atoms with Crippen LogP contribution in [0.15, 0.2) is 82.8 Å². The van der Waals surface area contributed by atoms with E-state index in [0.29, 0.717) is 19.5 Å². The molecule has 3 aromatic carbocycles. The van der Waals surface area contributed by atoms with Gasteiger partial charge in [-0.1, -0.05) is 48.5 Å². The van der Waals surface area contributed by atoms with Crippen LogP contribution in [0.4, 0.5) is 11.4 Å². The third kappa shape index (κ3) is 2.47. The van der Waals surface area contributed by atoms with Gasteiger partial charge in [0.15, 0.2) is 0 Å². The number of ether oxygens (including phenoxy) is 1. The molecule has 1 unspecified atom stereocenters. The first-order valence-corrected chi connectivity index (χ1v) is 12.2. The van der Waals surface area contributed by atoms with Crippen molar-refractivity contribution >= 4 is 23.0 Å². The Balaban J connectivity index is 1.50. The third-order valence-electron chi connectivity index (χ3n) is 8.51. The Morgan fingerprint density at radius 3 is 2.49 bits per heavy atom. The molecule has 35 heavy (non-hydrogen) atoms. The maximum absolute atomic E-state index is 11.2. The topological polar surface area (TPSA) is 60.7 Å². The number of aliphatic hydroxyl groups is 1. The summed E-state index contributed by atoms with van der Waals surface area (Å²) >= 11 is 0. The van der Waals surface area contributed by atoms with E-state index in [1.165, 1.54) is 22.4 Å². The average molecular weight is 465 g/mol. The molecule has 3 aromatic rings. The standard InChI is InChI=1S/C29H28N4O2/c1-32-25(34)17-29-21-7-3-5-9-23(21)31-27-28(29,15-16-30-26(29)32)22-8-4-6-10-24(22)33(27)18-19-11-13-20(35-2)14-12-19/h3-14,25,34H,15-18H2,1-2H3/t25?,28-,29+/m1/s1. The number of methoxy groups -OCH3 is 1. The summed E-state index contributed by atoms with van der Waals surface area (Å²) in [5.74, 6) is 2.91. The van der Waals surface area contributed by atoms with E-state index >= 15 is 0 Å². The van der Waals surface area contributed by atoms with E-state index in [1.807, 2.05) is 24.1 Å². The van der Waals surface area contributed by atoms with Gasteiger partial charge in [-0.05, 0) is 47.4 Å². The number of aliphatic hydroxyl groups excluding tert-OH is 1. The molecule has 3 atom stereocenters. The van der Waals surface area contributed by atoms with Gasteiger partial charge in [-0.15, -0.1) is 0 Å². The number of likely N-dealkylation sites (N-methyl/N-ethyl adjacent to an activating group) is 1. The zero-order valence-corrected chi connectivity index (χ0v) is 20.0. The highest BCUT2D eigenvalue weighted by atomic mass is 16.5. The van der Waals surface area contributed by atoms with Crippen LogP contribution in [0.1, 0.15) is 29.5 Å². The summed E-state index contributed by atoms with van der Waals surface area (Å²) in [6.45, 7) is 1.42. The van der Waals surface area contributed by atoms with Crippen molar-refractivity contribution in [1.29, 1.82) is 0 Å². The SMILES string of the molecule is COc1ccc(CN2C3=Nc4ccccc4[C@@]45CC(O)N(C)C4=NCC[C@@]35c3ccccc32)cc1. The van der Waals surface area contributed by atoms with Crippen LogP contribution in [-0.4, -0.2) is 48.6 Å². The highest BCUT2D eigenvalue weighted by Crippen LogP contribution is 2.65. The number of fused-ring (bicyclic) bond motifs is 2. The first kappa shape index (κ1) is 20.7. The van der Waals surface area contributed by atoms with Gasteiger partial charge in [0.2, 0.25) is 0 Å². The summed E-state index contributed by atoms with van der Waals surface area (Å²) in [7, 11) is 3.67. The number of likely N-dealkylation sites (tertiary alicyclic amines) is 1. The van der Waals surface area contributed by atoms with E-state index < -0.39 is 11.6 Å². The van der Waals surface area contributed by atoms with E-state index in [0.717, 1.165) is 29.5 Å². The van der Waals surface area contributed by atoms with Crippen molar-refractivity contribution in [3.63, 3.8) is 0 Å². The molecule has 1 N–H and O–H groups in total. The van der Waals surface area contributed by atoms with Crippen LogP contribution in [0, 0.1) is 0 Å². The number of hydrogen-bond donors (Lipinski definition) is 1. The zero-order chi connectivity index (χ0) is 23.8. The lowest BCUT2D eigenvalue weighted by atomic mass is 9.52. The zero-order valence-electron chi connectivity index (χ0n) is 20.0. The molecular formula is C29H28N4O2. The van der Waals surface area contributed by atoms with E-state index in [4.69, 9.17) is 14.7 Å². The van der Waals surface area contributed by atoms with E-state index in [9.17, 15) is 5.11 Å². The number of rotatable bonds is 3. The first-order valence-electron chi connectivity index (χ1n) is 12.2. The second kappa shape index (κ2) is 7.18. The van der Waals surface area contributed by atoms with Crippen molar-refractivity contribution in [2.24, 2.45) is 9.98 Å². The minimum atomic E-state index is -0.584. The van der Waals surface area contributed by atoms with Crippen molar-refractivity contribution in [2.75, 3.05) is 25.6 Å². The van der Waals surface area contributed by atoms with Crippen LogP contribution in [0.3, 0.4) is 0 Å². The number of amidine groups is 2. The van der Waals surface area contributed by atoms with E-state index in [2.05, 4.69) is 65.6 Å². The van der Waals surface area contributed by atoms with Crippen molar-refractivity contribution in [3.8, 4) is 5.75 Å². The number of anilines is 1. The van der Waals surface area contributed by atoms with Crippen molar-refractivity contribution in [3.05, 3.63) is 89.5 Å². The molecule has 0 saturated carbocycles. The van der Waals surface area contributed by atoms with Gasteiger partial charge >= 0.3 is 0 Å². The van der Waals surface area contributed by atoms with Gasteiger partial charge in [0.05, 0.1) is 23.6 Å². The molecule has 0 aliphatic carbocycles. The fourth-order valence-corrected chi connectivity index (χ4v) is 7.04. The van der Waals surface area contributed by atoms with E-state index in [-0.39, 0.29) is 5.41 Å². The fraction of sp³-hybridized carbons (Fsp3) is 0.310. The van der Waals surface area contributed by atoms with Gasteiger partial charge in [-0.2, -0.15) is 0 Å². The Morgan fingerprint density at radius 1 is 0.943 bits per heavy atom. The quantitative estimate of drug-likeness (QED) is 0.625. The molecule has 1 saturated heterocycles. The summed E-state index contributed by atoms with van der Waals surface area (Å²) in [5.41, 5.74) is 4.98. The van der Waals surface area contributed by atoms with Crippen LogP contribution in [0.25, 0.3) is 0 Å². The predicted octanol–water partition coefficient (Wildman–Crippen LogP) is 4.39. The molecule has 176 valence electrons. The van der Waals surface area contributed by atoms with Gasteiger partial charge in [0, 0.05) is 32.2 Å². The first-order chi connectivity index (χ1) is 17.1. The minimum absolute atomic E-state index is 0.382. The summed E-state index contributed by atoms with van der Waals surface area (Å²) in [4.78, 5) is 14.8. The molecule has 4 aliphatic heterocycles. The largest absolute Gasteiger partial charge is 0.497 e. The Morgan fingerprint density at radius 2 is 1.69 bits per heavy atom. The number of nitrogens with zero attached hydrogens (tertiary/aromatic N) is 4. The van der Waals surface area contributed by atoms with Gasteiger partial charge in [-0.25, -0.2) is 4.99 Å². The Bertz CT molecular complexity index is 1400. The van der Waals surface area contributed by atoms with Crippen LogP contribution >= 0.6 is 0 Å². The van der Waals surface area contributed by atoms with Gasteiger partial charge in [0.25, 0.3) is 0 Å². The molecule has 0 bridgehead atoms. The molecule has 4 heterocycles. The van der Waals surface area contributed by atoms with Gasteiger partial charge in [0.1, 0.15) is 23.6 Å². The summed E-state index contributed by atoms with van der Waals surface area (Å²) < 4.78 is 5.38. The van der Waals surface area contributed by atoms with Crippen LogP contribution in [-0.2, 0) is 17.4 Å². The number of benzene rings is 3. The van der Waals surface area contributed by atoms with E-state index in [1.54, 1.807) is 7.11 Å². The Hall–Kier alpha value is -3.64. The molecule has 4 aliphatic rings. The fourth-order valence-electron chi connectivity index (χ4n) is 7.04. The molecule has 0 amide bonds. The van der Waals surface area contributed by atoms with Gasteiger partial charge < -0.3 is 19.6 Å². The molecule has 0 radical (unpaired) electrons. The van der Waals surface area contributed by atoms with Crippen molar-refractivity contribution in [1.82, 2.24) is 4.90 Å². The summed E-state index contributed by atoms with van der Waals surface area (Å²) in [5, 5.41) is 11.2. The predicted molar refractivity (Wildman–Crippen MR) is 138 cm³/mol. The Labute approximate surface area is 205 Å². The maximum atomic E-state index is 11.2. The molecule has 2 spiro atoms. The Kier molecular flexibility index (Phi) is 4.25. The maximum Gasteiger partial charge on any atom is 0.128 e. The highest BCUT2D eigenvalue weighted by Gasteiger charge is 2.70. The molecule has 0 aromatic heterocycles. The molecule has 7 rings (SSSR count). The smallest absolute Gasteiger partial charge is 0.128 e. The van der Waals surface area contributed by atoms with Crippen LogP contribution in [0.2, 0.25) is 0 Å². The molecular weight excluding hydrogens is 436 g/mol. The molecule has 6 nitrogen and oxygen atoms in total. The number of para-hydroxylation sites is 2.